The number of likely N-dealkylation sites (tertiary alicyclic amines) is 3. The number of amides is 6. The molecule has 6 amide bonds. The molecule has 1 aromatic heterocycles. The number of anilines is 1. The number of likely N-dealkylation sites (N-methyl/N-ethyl adjacent to an activating group) is 1. The quantitative estimate of drug-likeness (QED) is 0.300. The second-order valence-corrected chi connectivity index (χ2v) is 14.7. The number of piperidine rings is 2. The van der Waals surface area contributed by atoms with Gasteiger partial charge in [-0.25, -0.2) is 9.59 Å². The Morgan fingerprint density at radius 2 is 1.70 bits per heavy atom. The Morgan fingerprint density at radius 3 is 2.44 bits per heavy atom. The molecule has 4 N–H and O–H groups in total. The highest BCUT2D eigenvalue weighted by molar-refractivity contribution is 5.92. The van der Waals surface area contributed by atoms with E-state index in [9.17, 15) is 19.2 Å². The molecule has 7 rings (SSSR count). The highest BCUT2D eigenvalue weighted by Crippen LogP contribution is 2.41. The zero-order valence-electron chi connectivity index (χ0n) is 29.3. The molecule has 0 unspecified atom stereocenters. The highest BCUT2D eigenvalue weighted by atomic mass is 16.2. The minimum absolute atomic E-state index is 0.0146. The molecule has 3 fully saturated rings. The molecule has 0 saturated carbocycles. The predicted octanol–water partition coefficient (Wildman–Crippen LogP) is 3.45. The van der Waals surface area contributed by atoms with Crippen LogP contribution in [0, 0.1) is 12.3 Å². The molecule has 50 heavy (non-hydrogen) atoms. The van der Waals surface area contributed by atoms with Gasteiger partial charge in [0.1, 0.15) is 6.04 Å². The van der Waals surface area contributed by atoms with Gasteiger partial charge < -0.3 is 35.6 Å². The van der Waals surface area contributed by atoms with Gasteiger partial charge in [-0.1, -0.05) is 24.3 Å². The molecule has 2 aromatic carbocycles. The number of urea groups is 2. The smallest absolute Gasteiger partial charge is 0.322 e. The maximum absolute atomic E-state index is 14.3. The third kappa shape index (κ3) is 6.75. The Morgan fingerprint density at radius 1 is 0.980 bits per heavy atom. The summed E-state index contributed by atoms with van der Waals surface area (Å²) in [4.78, 5) is 61.4. The Balaban J connectivity index is 1.02. The average Bonchev–Trinajstić information content (AvgIpc) is 3.78. The summed E-state index contributed by atoms with van der Waals surface area (Å²) in [6.07, 6.45) is 6.10. The number of rotatable bonds is 7. The van der Waals surface area contributed by atoms with Crippen molar-refractivity contribution in [1.82, 2.24) is 40.4 Å². The van der Waals surface area contributed by atoms with Crippen LogP contribution in [0.25, 0.3) is 10.9 Å². The van der Waals surface area contributed by atoms with Gasteiger partial charge in [0.05, 0.1) is 17.8 Å². The van der Waals surface area contributed by atoms with Crippen molar-refractivity contribution in [1.29, 1.82) is 0 Å². The van der Waals surface area contributed by atoms with Gasteiger partial charge in [-0.15, -0.1) is 0 Å². The van der Waals surface area contributed by atoms with E-state index >= 15 is 0 Å². The Kier molecular flexibility index (Phi) is 9.42. The van der Waals surface area contributed by atoms with Gasteiger partial charge in [-0.05, 0) is 87.2 Å². The fourth-order valence-corrected chi connectivity index (χ4v) is 8.35. The topological polar surface area (TPSA) is 146 Å². The van der Waals surface area contributed by atoms with E-state index in [2.05, 4.69) is 32.2 Å². The SMILES string of the molecule is CN[C@@H](C)C(=O)N1CCC2(CC1)CCN(C(=O)[C@H](Cc1cc(C)c3[nH]ncc3c1)NC(=O)N1CCC(N3Cc4ccccc4NC3=O)CC1)C2. The second kappa shape index (κ2) is 13.9. The maximum Gasteiger partial charge on any atom is 0.322 e. The molecule has 13 nitrogen and oxygen atoms in total. The number of nitrogens with zero attached hydrogens (tertiary/aromatic N) is 5. The molecule has 5 heterocycles. The number of para-hydroxylation sites is 1. The predicted molar refractivity (Wildman–Crippen MR) is 190 cm³/mol. The Bertz CT molecular complexity index is 1760. The lowest BCUT2D eigenvalue weighted by Gasteiger charge is -2.41. The third-order valence-corrected chi connectivity index (χ3v) is 11.6. The molecule has 266 valence electrons. The Hall–Kier alpha value is -4.65. The molecule has 3 aromatic rings. The van der Waals surface area contributed by atoms with E-state index in [1.165, 1.54) is 0 Å². The van der Waals surface area contributed by atoms with Crippen molar-refractivity contribution in [2.75, 3.05) is 51.6 Å². The summed E-state index contributed by atoms with van der Waals surface area (Å²) in [5, 5.41) is 17.4. The van der Waals surface area contributed by atoms with Crippen molar-refractivity contribution in [3.8, 4) is 0 Å². The number of hydrogen-bond donors (Lipinski definition) is 4. The van der Waals surface area contributed by atoms with E-state index in [1.807, 2.05) is 58.9 Å². The molecule has 0 aliphatic carbocycles. The first-order valence-electron chi connectivity index (χ1n) is 18.0. The van der Waals surface area contributed by atoms with Gasteiger partial charge in [-0.3, -0.25) is 14.7 Å². The van der Waals surface area contributed by atoms with E-state index in [1.54, 1.807) is 18.1 Å². The monoisotopic (exact) mass is 683 g/mol. The largest absolute Gasteiger partial charge is 0.341 e. The fourth-order valence-electron chi connectivity index (χ4n) is 8.35. The van der Waals surface area contributed by atoms with Crippen LogP contribution in [0.1, 0.15) is 55.7 Å². The number of hydrogen-bond acceptors (Lipinski definition) is 6. The lowest BCUT2D eigenvalue weighted by atomic mass is 9.77. The standard InChI is InChI=1S/C37H49N9O4/c1-24-18-26(19-28-21-39-42-32(24)28)20-31(34(48)45-17-12-37(23-45)10-15-43(16-11-37)33(47)25(2)38-3)41-35(49)44-13-8-29(9-14-44)46-22-27-6-4-5-7-30(27)40-36(46)50/h4-7,18-19,21,25,29,31,38H,8-17,20,22-23H2,1-3H3,(H,39,42)(H,40,50)(H,41,49)/t25-,31-/m0/s1. The van der Waals surface area contributed by atoms with Gasteiger partial charge in [-0.2, -0.15) is 5.10 Å². The summed E-state index contributed by atoms with van der Waals surface area (Å²) in [5.74, 6) is 0.0514. The molecule has 4 aliphatic rings. The fraction of sp³-hybridized carbons (Fsp3) is 0.541. The van der Waals surface area contributed by atoms with Crippen molar-refractivity contribution < 1.29 is 19.2 Å². The second-order valence-electron chi connectivity index (χ2n) is 14.7. The number of benzene rings is 2. The summed E-state index contributed by atoms with van der Waals surface area (Å²) in [7, 11) is 1.80. The lowest BCUT2D eigenvalue weighted by molar-refractivity contribution is -0.136. The van der Waals surface area contributed by atoms with E-state index < -0.39 is 6.04 Å². The van der Waals surface area contributed by atoms with Crippen molar-refractivity contribution in [3.05, 3.63) is 59.3 Å². The van der Waals surface area contributed by atoms with Crippen LogP contribution >= 0.6 is 0 Å². The van der Waals surface area contributed by atoms with Crippen LogP contribution in [0.4, 0.5) is 15.3 Å². The van der Waals surface area contributed by atoms with E-state index in [0.717, 1.165) is 52.5 Å². The first kappa shape index (κ1) is 33.8. The minimum atomic E-state index is -0.735. The molecule has 3 saturated heterocycles. The third-order valence-electron chi connectivity index (χ3n) is 11.6. The average molecular weight is 684 g/mol. The Labute approximate surface area is 293 Å². The van der Waals surface area contributed by atoms with E-state index in [4.69, 9.17) is 0 Å². The number of aryl methyl sites for hydroxylation is 1. The van der Waals surface area contributed by atoms with Crippen LogP contribution in [-0.4, -0.2) is 118 Å². The molecular weight excluding hydrogens is 634 g/mol. The number of carbonyl (C=O) groups excluding carboxylic acids is 4. The number of aromatic amines is 1. The van der Waals surface area contributed by atoms with Crippen LogP contribution in [0.5, 0.6) is 0 Å². The minimum Gasteiger partial charge on any atom is -0.341 e. The van der Waals surface area contributed by atoms with Crippen molar-refractivity contribution >= 4 is 40.5 Å². The molecular formula is C37H49N9O4. The number of aromatic nitrogens is 2. The van der Waals surface area contributed by atoms with Crippen LogP contribution in [-0.2, 0) is 22.6 Å². The van der Waals surface area contributed by atoms with Crippen LogP contribution < -0.4 is 16.0 Å². The maximum atomic E-state index is 14.3. The molecule has 0 radical (unpaired) electrons. The van der Waals surface area contributed by atoms with Gasteiger partial charge >= 0.3 is 12.1 Å². The van der Waals surface area contributed by atoms with Gasteiger partial charge in [0, 0.05) is 69.3 Å². The van der Waals surface area contributed by atoms with Crippen molar-refractivity contribution in [2.24, 2.45) is 5.41 Å². The first-order valence-corrected chi connectivity index (χ1v) is 18.0. The highest BCUT2D eigenvalue weighted by Gasteiger charge is 2.44. The summed E-state index contributed by atoms with van der Waals surface area (Å²) in [5.41, 5.74) is 4.89. The van der Waals surface area contributed by atoms with Crippen LogP contribution in [0.2, 0.25) is 0 Å². The number of nitrogens with one attached hydrogen (secondary N) is 4. The zero-order chi connectivity index (χ0) is 35.0. The molecule has 4 aliphatic heterocycles. The molecule has 1 spiro atoms. The van der Waals surface area contributed by atoms with E-state index in [0.29, 0.717) is 65.1 Å². The van der Waals surface area contributed by atoms with Crippen LogP contribution in [0.15, 0.2) is 42.6 Å². The molecule has 0 bridgehead atoms. The number of fused-ring (bicyclic) bond motifs is 2. The van der Waals surface area contributed by atoms with E-state index in [-0.39, 0.29) is 41.4 Å². The molecule has 2 atom stereocenters. The van der Waals surface area contributed by atoms with Gasteiger partial charge in [0.15, 0.2) is 0 Å². The zero-order valence-corrected chi connectivity index (χ0v) is 29.3. The van der Waals surface area contributed by atoms with Crippen molar-refractivity contribution in [2.45, 2.75) is 77.0 Å². The normalized spacial score (nSPS) is 20.5. The summed E-state index contributed by atoms with van der Waals surface area (Å²) < 4.78 is 0. The molecule has 13 heteroatoms. The van der Waals surface area contributed by atoms with Gasteiger partial charge in [0.25, 0.3) is 0 Å². The first-order chi connectivity index (χ1) is 24.1. The summed E-state index contributed by atoms with van der Waals surface area (Å²) >= 11 is 0. The number of H-pyrrole nitrogens is 1. The number of carbonyl (C=O) groups is 4. The van der Waals surface area contributed by atoms with Gasteiger partial charge in [0.2, 0.25) is 11.8 Å². The summed E-state index contributed by atoms with van der Waals surface area (Å²) in [6, 6.07) is 10.7. The van der Waals surface area contributed by atoms with Crippen molar-refractivity contribution in [3.63, 3.8) is 0 Å². The lowest BCUT2D eigenvalue weighted by Crippen LogP contribution is -2.56. The van der Waals surface area contributed by atoms with Crippen LogP contribution in [0.3, 0.4) is 0 Å². The summed E-state index contributed by atoms with van der Waals surface area (Å²) in [6.45, 7) is 8.11.